The van der Waals surface area contributed by atoms with E-state index in [1.165, 1.54) is 47.4 Å². The smallest absolute Gasteiger partial charge is 0.244 e. The molecule has 0 aliphatic heterocycles. The molecule has 0 aromatic heterocycles. The molecule has 186 valence electrons. The van der Waals surface area contributed by atoms with Crippen LogP contribution in [0, 0.1) is 5.82 Å². The summed E-state index contributed by atoms with van der Waals surface area (Å²) in [5.74, 6) is -1.46. The maximum absolute atomic E-state index is 13.4. The van der Waals surface area contributed by atoms with E-state index >= 15 is 0 Å². The van der Waals surface area contributed by atoms with E-state index in [1.807, 2.05) is 13.8 Å². The highest BCUT2D eigenvalue weighted by molar-refractivity contribution is 7.92. The molecule has 7 nitrogen and oxygen atoms in total. The summed E-state index contributed by atoms with van der Waals surface area (Å²) >= 11 is 12.1. The number of anilines is 1. The Morgan fingerprint density at radius 2 is 1.71 bits per heavy atom. The van der Waals surface area contributed by atoms with Gasteiger partial charge in [0.05, 0.1) is 17.0 Å². The Morgan fingerprint density at radius 3 is 2.24 bits per heavy atom. The maximum atomic E-state index is 13.4. The standard InChI is InChI=1S/C23H28Cl2FN3O4S/c1-5-15(2)27-23(31)16(3)28(13-17-6-9-19(26)10-7-17)22(30)14-29(34(4,32)33)21-11-8-18(24)12-20(21)25/h6-12,15-16H,5,13-14H2,1-4H3,(H,27,31). The predicted octanol–water partition coefficient (Wildman–Crippen LogP) is 4.23. The minimum absolute atomic E-state index is 0.0276. The van der Waals surface area contributed by atoms with Crippen molar-refractivity contribution in [1.82, 2.24) is 10.2 Å². The lowest BCUT2D eigenvalue weighted by molar-refractivity contribution is -0.139. The third-order valence-corrected chi connectivity index (χ3v) is 6.96. The first kappa shape index (κ1) is 27.9. The monoisotopic (exact) mass is 531 g/mol. The number of nitrogens with zero attached hydrogens (tertiary/aromatic N) is 2. The molecule has 2 amide bonds. The zero-order valence-electron chi connectivity index (χ0n) is 19.4. The molecule has 1 N–H and O–H groups in total. The van der Waals surface area contributed by atoms with E-state index < -0.39 is 34.3 Å². The average Bonchev–Trinajstić information content (AvgIpc) is 2.76. The van der Waals surface area contributed by atoms with E-state index in [4.69, 9.17) is 23.2 Å². The van der Waals surface area contributed by atoms with Gasteiger partial charge in [-0.15, -0.1) is 0 Å². The quantitative estimate of drug-likeness (QED) is 0.496. The van der Waals surface area contributed by atoms with E-state index in [0.717, 1.165) is 10.6 Å². The number of halogens is 3. The topological polar surface area (TPSA) is 86.8 Å². The number of hydrogen-bond donors (Lipinski definition) is 1. The fraction of sp³-hybridized carbons (Fsp3) is 0.391. The van der Waals surface area contributed by atoms with Gasteiger partial charge < -0.3 is 10.2 Å². The first-order chi connectivity index (χ1) is 15.8. The van der Waals surface area contributed by atoms with Crippen molar-refractivity contribution in [3.8, 4) is 0 Å². The molecule has 2 aromatic rings. The van der Waals surface area contributed by atoms with Crippen molar-refractivity contribution in [2.24, 2.45) is 0 Å². The number of benzene rings is 2. The largest absolute Gasteiger partial charge is 0.352 e. The van der Waals surface area contributed by atoms with Gasteiger partial charge in [-0.2, -0.15) is 0 Å². The Hall–Kier alpha value is -2.36. The van der Waals surface area contributed by atoms with Crippen LogP contribution in [0.4, 0.5) is 10.1 Å². The SMILES string of the molecule is CCC(C)NC(=O)C(C)N(Cc1ccc(F)cc1)C(=O)CN(c1ccc(Cl)cc1Cl)S(C)(=O)=O. The van der Waals surface area contributed by atoms with Crippen LogP contribution in [-0.2, 0) is 26.2 Å². The third kappa shape index (κ3) is 7.58. The van der Waals surface area contributed by atoms with Crippen LogP contribution in [0.25, 0.3) is 0 Å². The summed E-state index contributed by atoms with van der Waals surface area (Å²) in [6.45, 7) is 4.68. The van der Waals surface area contributed by atoms with Crippen molar-refractivity contribution in [2.45, 2.75) is 45.8 Å². The van der Waals surface area contributed by atoms with E-state index in [9.17, 15) is 22.4 Å². The van der Waals surface area contributed by atoms with Gasteiger partial charge in [-0.05, 0) is 56.2 Å². The Kier molecular flexibility index (Phi) is 9.73. The number of amides is 2. The van der Waals surface area contributed by atoms with E-state index in [1.54, 1.807) is 6.92 Å². The van der Waals surface area contributed by atoms with Gasteiger partial charge in [-0.1, -0.05) is 42.3 Å². The Balaban J connectivity index is 2.41. The van der Waals surface area contributed by atoms with Crippen LogP contribution in [0.3, 0.4) is 0 Å². The van der Waals surface area contributed by atoms with Crippen molar-refractivity contribution < 1.29 is 22.4 Å². The summed E-state index contributed by atoms with van der Waals surface area (Å²) in [7, 11) is -3.92. The average molecular weight is 532 g/mol. The lowest BCUT2D eigenvalue weighted by atomic mass is 10.1. The molecule has 0 aliphatic rings. The summed E-state index contributed by atoms with van der Waals surface area (Å²) in [6.07, 6.45) is 1.65. The van der Waals surface area contributed by atoms with E-state index in [2.05, 4.69) is 5.32 Å². The van der Waals surface area contributed by atoms with Crippen molar-refractivity contribution in [3.05, 3.63) is 63.9 Å². The van der Waals surface area contributed by atoms with Gasteiger partial charge >= 0.3 is 0 Å². The second-order valence-electron chi connectivity index (χ2n) is 8.01. The minimum atomic E-state index is -3.92. The summed E-state index contributed by atoms with van der Waals surface area (Å²) in [4.78, 5) is 27.5. The number of carbonyl (C=O) groups excluding carboxylic acids is 2. The summed E-state index contributed by atoms with van der Waals surface area (Å²) in [5.41, 5.74) is 0.661. The summed E-state index contributed by atoms with van der Waals surface area (Å²) < 4.78 is 39.3. The normalized spacial score (nSPS) is 13.1. The van der Waals surface area contributed by atoms with Crippen LogP contribution >= 0.6 is 23.2 Å². The second kappa shape index (κ2) is 11.9. The van der Waals surface area contributed by atoms with Crippen LogP contribution in [0.5, 0.6) is 0 Å². The summed E-state index contributed by atoms with van der Waals surface area (Å²) in [6, 6.07) is 8.70. The minimum Gasteiger partial charge on any atom is -0.352 e. The first-order valence-electron chi connectivity index (χ1n) is 10.6. The Bertz CT molecular complexity index is 1130. The molecular formula is C23H28Cl2FN3O4S. The lowest BCUT2D eigenvalue weighted by Gasteiger charge is -2.32. The maximum Gasteiger partial charge on any atom is 0.244 e. The molecular weight excluding hydrogens is 504 g/mol. The molecule has 34 heavy (non-hydrogen) atoms. The lowest BCUT2D eigenvalue weighted by Crippen LogP contribution is -2.52. The fourth-order valence-electron chi connectivity index (χ4n) is 3.11. The predicted molar refractivity (Wildman–Crippen MR) is 133 cm³/mol. The van der Waals surface area contributed by atoms with Gasteiger partial charge in [0.15, 0.2) is 0 Å². The van der Waals surface area contributed by atoms with Crippen molar-refractivity contribution in [3.63, 3.8) is 0 Å². The molecule has 2 atom stereocenters. The number of hydrogen-bond acceptors (Lipinski definition) is 4. The van der Waals surface area contributed by atoms with E-state index in [0.29, 0.717) is 17.0 Å². The van der Waals surface area contributed by atoms with Gasteiger partial charge in [-0.25, -0.2) is 12.8 Å². The molecule has 0 saturated heterocycles. The highest BCUT2D eigenvalue weighted by atomic mass is 35.5. The molecule has 0 heterocycles. The Labute approximate surface area is 209 Å². The van der Waals surface area contributed by atoms with Crippen LogP contribution < -0.4 is 9.62 Å². The van der Waals surface area contributed by atoms with Gasteiger partial charge in [0.1, 0.15) is 18.4 Å². The van der Waals surface area contributed by atoms with Crippen LogP contribution in [-0.4, -0.2) is 50.0 Å². The zero-order valence-corrected chi connectivity index (χ0v) is 21.7. The highest BCUT2D eigenvalue weighted by Crippen LogP contribution is 2.30. The first-order valence-corrected chi connectivity index (χ1v) is 13.2. The Morgan fingerprint density at radius 1 is 1.09 bits per heavy atom. The number of carbonyl (C=O) groups is 2. The summed E-state index contributed by atoms with van der Waals surface area (Å²) in [5, 5.41) is 3.19. The molecule has 0 aliphatic carbocycles. The molecule has 0 spiro atoms. The van der Waals surface area contributed by atoms with Crippen LogP contribution in [0.15, 0.2) is 42.5 Å². The molecule has 11 heteroatoms. The van der Waals surface area contributed by atoms with Crippen molar-refractivity contribution in [2.75, 3.05) is 17.1 Å². The van der Waals surface area contributed by atoms with E-state index in [-0.39, 0.29) is 29.2 Å². The molecule has 2 unspecified atom stereocenters. The second-order valence-corrected chi connectivity index (χ2v) is 10.8. The number of sulfonamides is 1. The number of rotatable bonds is 10. The zero-order chi connectivity index (χ0) is 25.6. The molecule has 0 bridgehead atoms. The van der Waals surface area contributed by atoms with Gasteiger partial charge in [0.2, 0.25) is 21.8 Å². The van der Waals surface area contributed by atoms with Crippen LogP contribution in [0.1, 0.15) is 32.8 Å². The number of nitrogens with one attached hydrogen (secondary N) is 1. The fourth-order valence-corrected chi connectivity index (χ4v) is 4.54. The van der Waals surface area contributed by atoms with Crippen molar-refractivity contribution in [1.29, 1.82) is 0 Å². The van der Waals surface area contributed by atoms with Gasteiger partial charge in [0, 0.05) is 17.6 Å². The van der Waals surface area contributed by atoms with Gasteiger partial charge in [0.25, 0.3) is 0 Å². The van der Waals surface area contributed by atoms with Gasteiger partial charge in [-0.3, -0.25) is 13.9 Å². The molecule has 2 rings (SSSR count). The molecule has 2 aromatic carbocycles. The highest BCUT2D eigenvalue weighted by Gasteiger charge is 2.31. The van der Waals surface area contributed by atoms with Crippen LogP contribution in [0.2, 0.25) is 10.0 Å². The molecule has 0 radical (unpaired) electrons. The molecule has 0 saturated carbocycles. The molecule has 0 fully saturated rings. The third-order valence-electron chi connectivity index (χ3n) is 5.29. The van der Waals surface area contributed by atoms with Crippen molar-refractivity contribution >= 4 is 50.7 Å².